The zero-order valence-electron chi connectivity index (χ0n) is 10.1. The van der Waals surface area contributed by atoms with Gasteiger partial charge in [-0.05, 0) is 31.8 Å². The predicted octanol–water partition coefficient (Wildman–Crippen LogP) is -0.179. The van der Waals surface area contributed by atoms with Crippen molar-refractivity contribution in [3.05, 3.63) is 12.2 Å². The molecule has 0 radical (unpaired) electrons. The van der Waals surface area contributed by atoms with E-state index >= 15 is 0 Å². The second kappa shape index (κ2) is 5.77. The van der Waals surface area contributed by atoms with Crippen LogP contribution in [0.25, 0.3) is 0 Å². The average Bonchev–Trinajstić information content (AvgIpc) is 2.74. The van der Waals surface area contributed by atoms with Crippen molar-refractivity contribution in [1.82, 2.24) is 25.4 Å². The molecule has 6 nitrogen and oxygen atoms in total. The van der Waals surface area contributed by atoms with Crippen LogP contribution in [0.1, 0.15) is 25.1 Å². The van der Waals surface area contributed by atoms with Crippen molar-refractivity contribution in [2.45, 2.75) is 25.8 Å². The third kappa shape index (κ3) is 3.81. The van der Waals surface area contributed by atoms with Crippen LogP contribution in [0.5, 0.6) is 0 Å². The molecule has 0 unspecified atom stereocenters. The number of carbonyl (C=O) groups is 1. The van der Waals surface area contributed by atoms with Gasteiger partial charge in [-0.1, -0.05) is 0 Å². The quantitative estimate of drug-likeness (QED) is 0.762. The summed E-state index contributed by atoms with van der Waals surface area (Å²) in [6.45, 7) is 2.48. The van der Waals surface area contributed by atoms with E-state index in [4.69, 9.17) is 0 Å². The highest BCUT2D eigenvalue weighted by Crippen LogP contribution is 2.15. The first-order chi connectivity index (χ1) is 8.24. The summed E-state index contributed by atoms with van der Waals surface area (Å²) < 4.78 is 1.63. The number of hydrogen-bond acceptors (Lipinski definition) is 4. The van der Waals surface area contributed by atoms with Crippen LogP contribution in [0.2, 0.25) is 0 Å². The number of amides is 1. The molecule has 0 atom stereocenters. The number of rotatable bonds is 4. The van der Waals surface area contributed by atoms with Crippen molar-refractivity contribution in [2.75, 3.05) is 13.1 Å². The van der Waals surface area contributed by atoms with Gasteiger partial charge < -0.3 is 10.6 Å². The Morgan fingerprint density at radius 2 is 2.35 bits per heavy atom. The van der Waals surface area contributed by atoms with Gasteiger partial charge in [-0.25, -0.2) is 4.98 Å². The van der Waals surface area contributed by atoms with Gasteiger partial charge in [-0.2, -0.15) is 5.10 Å². The summed E-state index contributed by atoms with van der Waals surface area (Å²) in [6.07, 6.45) is 4.44. The largest absolute Gasteiger partial charge is 0.349 e. The Morgan fingerprint density at radius 1 is 1.59 bits per heavy atom. The molecule has 0 saturated carbocycles. The molecule has 1 aliphatic heterocycles. The molecule has 0 aromatic carbocycles. The van der Waals surface area contributed by atoms with E-state index in [2.05, 4.69) is 20.7 Å². The molecule has 1 amide bonds. The van der Waals surface area contributed by atoms with Crippen LogP contribution in [0, 0.1) is 5.92 Å². The third-order valence-electron chi connectivity index (χ3n) is 3.02. The molecule has 6 heteroatoms. The summed E-state index contributed by atoms with van der Waals surface area (Å²) in [5.74, 6) is 1.28. The Labute approximate surface area is 101 Å². The highest BCUT2D eigenvalue weighted by molar-refractivity contribution is 5.76. The Balaban J connectivity index is 1.70. The molecule has 0 aliphatic carbocycles. The number of hydrogen-bond donors (Lipinski definition) is 2. The molecule has 1 aromatic rings. The third-order valence-corrected chi connectivity index (χ3v) is 3.02. The fraction of sp³-hybridized carbons (Fsp3) is 0.727. The van der Waals surface area contributed by atoms with Gasteiger partial charge in [-0.3, -0.25) is 9.48 Å². The van der Waals surface area contributed by atoms with E-state index in [0.29, 0.717) is 24.7 Å². The minimum atomic E-state index is 0.101. The fourth-order valence-electron chi connectivity index (χ4n) is 2.06. The molecule has 2 heterocycles. The van der Waals surface area contributed by atoms with Gasteiger partial charge in [0.15, 0.2) is 5.82 Å². The lowest BCUT2D eigenvalue weighted by Crippen LogP contribution is -2.32. The van der Waals surface area contributed by atoms with Crippen LogP contribution in [0.3, 0.4) is 0 Å². The van der Waals surface area contributed by atoms with E-state index < -0.39 is 0 Å². The van der Waals surface area contributed by atoms with Crippen molar-refractivity contribution in [2.24, 2.45) is 13.0 Å². The predicted molar refractivity (Wildman–Crippen MR) is 63.1 cm³/mol. The number of aryl methyl sites for hydroxylation is 1. The highest BCUT2D eigenvalue weighted by Gasteiger charge is 2.16. The van der Waals surface area contributed by atoms with Crippen LogP contribution in [0.15, 0.2) is 6.33 Å². The number of carbonyl (C=O) groups excluding carboxylic acids is 1. The van der Waals surface area contributed by atoms with Gasteiger partial charge in [0.05, 0.1) is 6.54 Å². The molecule has 0 bridgehead atoms. The molecular weight excluding hydrogens is 218 g/mol. The molecule has 0 spiro atoms. The van der Waals surface area contributed by atoms with Crippen LogP contribution in [-0.2, 0) is 18.4 Å². The molecule has 2 rings (SSSR count). The molecule has 1 aliphatic rings. The van der Waals surface area contributed by atoms with E-state index in [1.54, 1.807) is 11.0 Å². The second-order valence-corrected chi connectivity index (χ2v) is 4.51. The zero-order chi connectivity index (χ0) is 12.1. The second-order valence-electron chi connectivity index (χ2n) is 4.51. The first-order valence-corrected chi connectivity index (χ1v) is 6.06. The first kappa shape index (κ1) is 12.0. The summed E-state index contributed by atoms with van der Waals surface area (Å²) in [5.41, 5.74) is 0. The summed E-state index contributed by atoms with van der Waals surface area (Å²) in [4.78, 5) is 15.8. The van der Waals surface area contributed by atoms with E-state index in [1.165, 1.54) is 0 Å². The summed E-state index contributed by atoms with van der Waals surface area (Å²) in [7, 11) is 1.81. The Kier molecular flexibility index (Phi) is 4.08. The van der Waals surface area contributed by atoms with Gasteiger partial charge >= 0.3 is 0 Å². The molecular formula is C11H19N5O. The normalized spacial score (nSPS) is 17.0. The average molecular weight is 237 g/mol. The van der Waals surface area contributed by atoms with E-state index in [-0.39, 0.29) is 5.91 Å². The Hall–Kier alpha value is -1.43. The van der Waals surface area contributed by atoms with E-state index in [9.17, 15) is 4.79 Å². The molecule has 17 heavy (non-hydrogen) atoms. The SMILES string of the molecule is Cn1cnc(CNC(=O)CC2CCNCC2)n1. The van der Waals surface area contributed by atoms with Crippen LogP contribution in [0.4, 0.5) is 0 Å². The molecule has 94 valence electrons. The number of nitrogens with one attached hydrogen (secondary N) is 2. The van der Waals surface area contributed by atoms with Gasteiger partial charge in [0.2, 0.25) is 5.91 Å². The van der Waals surface area contributed by atoms with Gasteiger partial charge in [0.1, 0.15) is 6.33 Å². The molecule has 2 N–H and O–H groups in total. The summed E-state index contributed by atoms with van der Waals surface area (Å²) >= 11 is 0. The van der Waals surface area contributed by atoms with Crippen molar-refractivity contribution in [3.63, 3.8) is 0 Å². The molecule has 1 saturated heterocycles. The van der Waals surface area contributed by atoms with Crippen molar-refractivity contribution >= 4 is 5.91 Å². The maximum Gasteiger partial charge on any atom is 0.220 e. The Morgan fingerprint density at radius 3 is 3.00 bits per heavy atom. The first-order valence-electron chi connectivity index (χ1n) is 6.06. The zero-order valence-corrected chi connectivity index (χ0v) is 10.1. The van der Waals surface area contributed by atoms with Crippen LogP contribution in [-0.4, -0.2) is 33.8 Å². The molecule has 1 fully saturated rings. The lowest BCUT2D eigenvalue weighted by molar-refractivity contribution is -0.122. The smallest absolute Gasteiger partial charge is 0.220 e. The van der Waals surface area contributed by atoms with Crippen LogP contribution < -0.4 is 10.6 Å². The van der Waals surface area contributed by atoms with E-state index in [1.807, 2.05) is 7.05 Å². The molecule has 1 aromatic heterocycles. The maximum absolute atomic E-state index is 11.7. The minimum absolute atomic E-state index is 0.101. The maximum atomic E-state index is 11.7. The monoisotopic (exact) mass is 237 g/mol. The number of nitrogens with zero attached hydrogens (tertiary/aromatic N) is 3. The van der Waals surface area contributed by atoms with Gasteiger partial charge in [-0.15, -0.1) is 0 Å². The Bertz CT molecular complexity index is 370. The topological polar surface area (TPSA) is 71.8 Å². The fourth-order valence-corrected chi connectivity index (χ4v) is 2.06. The van der Waals surface area contributed by atoms with Crippen molar-refractivity contribution < 1.29 is 4.79 Å². The van der Waals surface area contributed by atoms with Crippen LogP contribution >= 0.6 is 0 Å². The number of aromatic nitrogens is 3. The minimum Gasteiger partial charge on any atom is -0.349 e. The highest BCUT2D eigenvalue weighted by atomic mass is 16.1. The lowest BCUT2D eigenvalue weighted by atomic mass is 9.94. The standard InChI is InChI=1S/C11H19N5O/c1-16-8-14-10(15-16)7-13-11(17)6-9-2-4-12-5-3-9/h8-9,12H,2-7H2,1H3,(H,13,17). The number of piperidine rings is 1. The van der Waals surface area contributed by atoms with Crippen molar-refractivity contribution in [1.29, 1.82) is 0 Å². The van der Waals surface area contributed by atoms with E-state index in [0.717, 1.165) is 25.9 Å². The summed E-state index contributed by atoms with van der Waals surface area (Å²) in [5, 5.41) is 10.3. The van der Waals surface area contributed by atoms with Gasteiger partial charge in [0, 0.05) is 13.5 Å². The lowest BCUT2D eigenvalue weighted by Gasteiger charge is -2.21. The summed E-state index contributed by atoms with van der Waals surface area (Å²) in [6, 6.07) is 0. The van der Waals surface area contributed by atoms with Gasteiger partial charge in [0.25, 0.3) is 0 Å². The van der Waals surface area contributed by atoms with Crippen molar-refractivity contribution in [3.8, 4) is 0 Å².